The molecule has 3 aliphatic carbocycles. The number of aryl methyl sites for hydroxylation is 1. The minimum Gasteiger partial charge on any atom is -0.427 e. The summed E-state index contributed by atoms with van der Waals surface area (Å²) in [5.41, 5.74) is 2.62. The molecule has 2 saturated carbocycles. The Kier molecular flexibility index (Phi) is 5.77. The standard InChI is InChI=1S/C23H28Cl2O3/c1-23-11-10-18-17-6-4-16(28-22(27)9-3-15(25)13-24)12-14(17)2-5-19(18)20(23)7-8-21(23)26/h4,6,12,15,18-20H,2-3,5,7-11,13H2,1H3/t15?,18-,19-,20+,23+/m1/s1. The van der Waals surface area contributed by atoms with Crippen molar-refractivity contribution in [2.24, 2.45) is 17.3 Å². The minimum absolute atomic E-state index is 0.0859. The van der Waals surface area contributed by atoms with Gasteiger partial charge in [0, 0.05) is 29.5 Å². The van der Waals surface area contributed by atoms with Crippen LogP contribution in [0.3, 0.4) is 0 Å². The van der Waals surface area contributed by atoms with Gasteiger partial charge in [0.2, 0.25) is 0 Å². The molecule has 5 atom stereocenters. The zero-order valence-electron chi connectivity index (χ0n) is 16.4. The Bertz CT molecular complexity index is 777. The molecule has 3 aliphatic rings. The monoisotopic (exact) mass is 422 g/mol. The number of carbonyl (C=O) groups excluding carboxylic acids is 2. The summed E-state index contributed by atoms with van der Waals surface area (Å²) in [6, 6.07) is 6.11. The van der Waals surface area contributed by atoms with E-state index in [4.69, 9.17) is 27.9 Å². The fraction of sp³-hybridized carbons (Fsp3) is 0.652. The number of alkyl halides is 2. The number of hydrogen-bond acceptors (Lipinski definition) is 3. The topological polar surface area (TPSA) is 43.4 Å². The van der Waals surface area contributed by atoms with Gasteiger partial charge in [-0.2, -0.15) is 0 Å². The third kappa shape index (κ3) is 3.61. The predicted molar refractivity (Wildman–Crippen MR) is 111 cm³/mol. The molecule has 152 valence electrons. The van der Waals surface area contributed by atoms with Crippen LogP contribution < -0.4 is 4.74 Å². The van der Waals surface area contributed by atoms with Crippen LogP contribution in [-0.2, 0) is 16.0 Å². The Morgan fingerprint density at radius 3 is 2.89 bits per heavy atom. The molecule has 1 aromatic rings. The highest BCUT2D eigenvalue weighted by molar-refractivity contribution is 6.28. The molecular formula is C23H28Cl2O3. The number of rotatable bonds is 5. The molecule has 4 rings (SSSR count). The van der Waals surface area contributed by atoms with Crippen molar-refractivity contribution in [3.8, 4) is 5.75 Å². The average Bonchev–Trinajstić information content (AvgIpc) is 3.00. The molecule has 0 saturated heterocycles. The Morgan fingerprint density at radius 1 is 1.29 bits per heavy atom. The zero-order chi connectivity index (χ0) is 19.9. The predicted octanol–water partition coefficient (Wildman–Crippen LogP) is 5.64. The summed E-state index contributed by atoms with van der Waals surface area (Å²) >= 11 is 11.6. The van der Waals surface area contributed by atoms with Crippen LogP contribution in [0.5, 0.6) is 5.75 Å². The molecule has 0 aromatic heterocycles. The van der Waals surface area contributed by atoms with Gasteiger partial charge in [-0.15, -0.1) is 23.2 Å². The second kappa shape index (κ2) is 7.99. The Labute approximate surface area is 177 Å². The minimum atomic E-state index is -0.262. The molecule has 2 fully saturated rings. The Morgan fingerprint density at radius 2 is 2.11 bits per heavy atom. The van der Waals surface area contributed by atoms with Crippen LogP contribution in [0.2, 0.25) is 0 Å². The van der Waals surface area contributed by atoms with Crippen LogP contribution in [0.1, 0.15) is 68.9 Å². The van der Waals surface area contributed by atoms with E-state index in [-0.39, 0.29) is 23.2 Å². The van der Waals surface area contributed by atoms with Gasteiger partial charge in [0.15, 0.2) is 0 Å². The molecule has 0 heterocycles. The number of carbonyl (C=O) groups is 2. The van der Waals surface area contributed by atoms with E-state index in [2.05, 4.69) is 13.0 Å². The van der Waals surface area contributed by atoms with Gasteiger partial charge in [-0.05, 0) is 79.5 Å². The number of halogens is 2. The highest BCUT2D eigenvalue weighted by Gasteiger charge is 2.54. The van der Waals surface area contributed by atoms with Crippen LogP contribution in [0.4, 0.5) is 0 Å². The molecule has 1 aromatic carbocycles. The third-order valence-corrected chi connectivity index (χ3v) is 8.37. The number of ketones is 1. The number of esters is 1. The summed E-state index contributed by atoms with van der Waals surface area (Å²) in [7, 11) is 0. The molecule has 1 unspecified atom stereocenters. The van der Waals surface area contributed by atoms with E-state index in [9.17, 15) is 9.59 Å². The van der Waals surface area contributed by atoms with E-state index in [1.807, 2.05) is 12.1 Å². The summed E-state index contributed by atoms with van der Waals surface area (Å²) in [6.45, 7) is 2.21. The summed E-state index contributed by atoms with van der Waals surface area (Å²) < 4.78 is 5.53. The van der Waals surface area contributed by atoms with E-state index < -0.39 is 0 Å². The van der Waals surface area contributed by atoms with Crippen LogP contribution in [-0.4, -0.2) is 23.0 Å². The van der Waals surface area contributed by atoms with Gasteiger partial charge in [-0.25, -0.2) is 0 Å². The normalized spacial score (nSPS) is 32.2. The quantitative estimate of drug-likeness (QED) is 0.350. The van der Waals surface area contributed by atoms with E-state index in [1.54, 1.807) is 0 Å². The number of ether oxygens (including phenoxy) is 1. The molecule has 5 heteroatoms. The largest absolute Gasteiger partial charge is 0.427 e. The molecule has 3 nitrogen and oxygen atoms in total. The molecule has 0 radical (unpaired) electrons. The van der Waals surface area contributed by atoms with Crippen molar-refractivity contribution in [3.05, 3.63) is 29.3 Å². The lowest BCUT2D eigenvalue weighted by molar-refractivity contribution is -0.134. The maximum atomic E-state index is 12.4. The first-order chi connectivity index (χ1) is 13.4. The Balaban J connectivity index is 1.46. The number of fused-ring (bicyclic) bond motifs is 5. The maximum absolute atomic E-state index is 12.4. The van der Waals surface area contributed by atoms with Crippen LogP contribution in [0.15, 0.2) is 18.2 Å². The van der Waals surface area contributed by atoms with E-state index in [0.29, 0.717) is 41.6 Å². The molecule has 0 N–H and O–H groups in total. The maximum Gasteiger partial charge on any atom is 0.311 e. The van der Waals surface area contributed by atoms with Gasteiger partial charge in [0.1, 0.15) is 11.5 Å². The van der Waals surface area contributed by atoms with Crippen LogP contribution in [0, 0.1) is 17.3 Å². The fourth-order valence-electron chi connectivity index (χ4n) is 5.93. The molecule has 0 aliphatic heterocycles. The SMILES string of the molecule is C[C@]12CC[C@@H]3c4ccc(OC(=O)CCC(Cl)CCl)cc4CC[C@H]3[C@@H]1CCC2=O. The van der Waals surface area contributed by atoms with E-state index in [0.717, 1.165) is 38.5 Å². The van der Waals surface area contributed by atoms with Crippen molar-refractivity contribution in [2.45, 2.75) is 69.6 Å². The number of Topliss-reactive ketones (excluding diaryl/α,β-unsaturated/α-hetero) is 1. The Hall–Kier alpha value is -1.06. The number of hydrogen-bond donors (Lipinski definition) is 0. The second-order valence-corrected chi connectivity index (χ2v) is 9.88. The fourth-order valence-corrected chi connectivity index (χ4v) is 6.19. The van der Waals surface area contributed by atoms with Gasteiger partial charge in [0.25, 0.3) is 0 Å². The second-order valence-electron chi connectivity index (χ2n) is 8.96. The van der Waals surface area contributed by atoms with Crippen LogP contribution >= 0.6 is 23.2 Å². The third-order valence-electron chi connectivity index (χ3n) is 7.47. The zero-order valence-corrected chi connectivity index (χ0v) is 17.9. The van der Waals surface area contributed by atoms with Gasteiger partial charge < -0.3 is 4.74 Å². The van der Waals surface area contributed by atoms with Crippen molar-refractivity contribution >= 4 is 35.0 Å². The van der Waals surface area contributed by atoms with Crippen molar-refractivity contribution in [1.29, 1.82) is 0 Å². The average molecular weight is 423 g/mol. The molecule has 0 bridgehead atoms. The van der Waals surface area contributed by atoms with E-state index in [1.165, 1.54) is 11.1 Å². The first-order valence-corrected chi connectivity index (χ1v) is 11.5. The molecule has 0 spiro atoms. The summed E-state index contributed by atoms with van der Waals surface area (Å²) in [5.74, 6) is 2.87. The molecule has 0 amide bonds. The lowest BCUT2D eigenvalue weighted by Crippen LogP contribution is -2.42. The lowest BCUT2D eigenvalue weighted by atomic mass is 9.55. The molecular weight excluding hydrogens is 395 g/mol. The summed E-state index contributed by atoms with van der Waals surface area (Å²) in [5, 5.41) is -0.200. The van der Waals surface area contributed by atoms with Gasteiger partial charge in [-0.1, -0.05) is 13.0 Å². The van der Waals surface area contributed by atoms with Crippen LogP contribution in [0.25, 0.3) is 0 Å². The highest BCUT2D eigenvalue weighted by atomic mass is 35.5. The van der Waals surface area contributed by atoms with Gasteiger partial charge >= 0.3 is 5.97 Å². The van der Waals surface area contributed by atoms with Crippen molar-refractivity contribution in [3.63, 3.8) is 0 Å². The van der Waals surface area contributed by atoms with Crippen molar-refractivity contribution < 1.29 is 14.3 Å². The number of benzene rings is 1. The summed E-state index contributed by atoms with van der Waals surface area (Å²) in [4.78, 5) is 24.5. The van der Waals surface area contributed by atoms with Crippen molar-refractivity contribution in [1.82, 2.24) is 0 Å². The first kappa shape index (κ1) is 20.2. The lowest BCUT2D eigenvalue weighted by Gasteiger charge is -2.48. The van der Waals surface area contributed by atoms with Crippen molar-refractivity contribution in [2.75, 3.05) is 5.88 Å². The highest BCUT2D eigenvalue weighted by Crippen LogP contribution is 2.59. The first-order valence-electron chi connectivity index (χ1n) is 10.5. The summed E-state index contributed by atoms with van der Waals surface area (Å²) in [6.07, 6.45) is 6.85. The van der Waals surface area contributed by atoms with E-state index >= 15 is 0 Å². The smallest absolute Gasteiger partial charge is 0.311 e. The molecule has 28 heavy (non-hydrogen) atoms. The van der Waals surface area contributed by atoms with Gasteiger partial charge in [-0.3, -0.25) is 9.59 Å². The van der Waals surface area contributed by atoms with Gasteiger partial charge in [0.05, 0.1) is 0 Å².